The summed E-state index contributed by atoms with van der Waals surface area (Å²) in [6, 6.07) is 6.33. The van der Waals surface area contributed by atoms with Gasteiger partial charge in [-0.05, 0) is 43.0 Å². The van der Waals surface area contributed by atoms with Gasteiger partial charge in [-0.15, -0.1) is 23.1 Å². The maximum absolute atomic E-state index is 13.3. The number of carbonyl (C=O) groups excluding carboxylic acids is 5. The van der Waals surface area contributed by atoms with E-state index < -0.39 is 52.2 Å². The minimum atomic E-state index is -1.02. The van der Waals surface area contributed by atoms with Gasteiger partial charge in [-0.2, -0.15) is 0 Å². The standard InChI is InChI=1S/C27H29N5O9S2/c1-14(28)23(34)29-15(2)26(36)41-12-17-13-43-25-21(30-20(33)10-19-4-3-9-42-19)24(35)31(25)22(17)27(37)40-11-16-5-7-18(8-6-16)32(38)39/h3-9,14-15,21,25H,10-13,28H2,1-2H3,(H,29,34)(H,30,33)/t14-,15-,21+,25+/m0/s1. The third-order valence-electron chi connectivity index (χ3n) is 6.50. The van der Waals surface area contributed by atoms with Gasteiger partial charge in [0.1, 0.15) is 36.4 Å². The second-order valence-electron chi connectivity index (χ2n) is 9.79. The number of hydrogen-bond donors (Lipinski definition) is 3. The number of rotatable bonds is 12. The molecule has 4 N–H and O–H groups in total. The largest absolute Gasteiger partial charge is 0.460 e. The van der Waals surface area contributed by atoms with Crippen LogP contribution in [0.15, 0.2) is 53.0 Å². The van der Waals surface area contributed by atoms with Crippen LogP contribution in [-0.2, 0) is 46.5 Å². The number of non-ortho nitro benzene ring substituents is 1. The minimum Gasteiger partial charge on any atom is -0.460 e. The first-order valence-electron chi connectivity index (χ1n) is 13.1. The van der Waals surface area contributed by atoms with Crippen LogP contribution < -0.4 is 16.4 Å². The van der Waals surface area contributed by atoms with E-state index in [4.69, 9.17) is 15.2 Å². The van der Waals surface area contributed by atoms with Crippen LogP contribution in [-0.4, -0.2) is 75.3 Å². The second-order valence-corrected chi connectivity index (χ2v) is 11.9. The number of nitro benzene ring substituents is 1. The number of β-lactam (4-membered cyclic amide) rings is 1. The van der Waals surface area contributed by atoms with Crippen LogP contribution in [0.3, 0.4) is 0 Å². The Hall–Kier alpha value is -4.28. The average Bonchev–Trinajstić information content (AvgIpc) is 3.49. The highest BCUT2D eigenvalue weighted by atomic mass is 32.2. The predicted molar refractivity (Wildman–Crippen MR) is 155 cm³/mol. The van der Waals surface area contributed by atoms with Crippen molar-refractivity contribution in [2.24, 2.45) is 5.73 Å². The summed E-state index contributed by atoms with van der Waals surface area (Å²) in [4.78, 5) is 75.9. The molecule has 16 heteroatoms. The number of fused-ring (bicyclic) bond motifs is 1. The van der Waals surface area contributed by atoms with E-state index in [1.807, 2.05) is 17.5 Å². The highest BCUT2D eigenvalue weighted by molar-refractivity contribution is 8.00. The van der Waals surface area contributed by atoms with E-state index >= 15 is 0 Å². The first kappa shape index (κ1) is 31.7. The van der Waals surface area contributed by atoms with Crippen molar-refractivity contribution in [3.05, 3.63) is 73.6 Å². The first-order valence-corrected chi connectivity index (χ1v) is 15.0. The summed E-state index contributed by atoms with van der Waals surface area (Å²) in [5.41, 5.74) is 6.05. The Balaban J connectivity index is 1.48. The van der Waals surface area contributed by atoms with Crippen LogP contribution in [0.5, 0.6) is 0 Å². The molecule has 1 aromatic heterocycles. The molecule has 1 aromatic carbocycles. The van der Waals surface area contributed by atoms with Gasteiger partial charge in [-0.25, -0.2) is 9.59 Å². The van der Waals surface area contributed by atoms with E-state index in [9.17, 15) is 34.1 Å². The minimum absolute atomic E-state index is 0.109. The van der Waals surface area contributed by atoms with Crippen molar-refractivity contribution < 1.29 is 38.4 Å². The van der Waals surface area contributed by atoms with Gasteiger partial charge in [0.2, 0.25) is 11.8 Å². The molecule has 1 fully saturated rings. The van der Waals surface area contributed by atoms with Crippen molar-refractivity contribution in [3.8, 4) is 0 Å². The maximum Gasteiger partial charge on any atom is 0.355 e. The molecule has 14 nitrogen and oxygen atoms in total. The van der Waals surface area contributed by atoms with Crippen molar-refractivity contribution in [1.29, 1.82) is 0 Å². The zero-order valence-electron chi connectivity index (χ0n) is 23.1. The average molecular weight is 632 g/mol. The number of ether oxygens (including phenoxy) is 2. The van der Waals surface area contributed by atoms with Gasteiger partial charge in [-0.3, -0.25) is 29.4 Å². The number of carbonyl (C=O) groups is 5. The summed E-state index contributed by atoms with van der Waals surface area (Å²) in [7, 11) is 0. The fourth-order valence-electron chi connectivity index (χ4n) is 4.20. The molecule has 228 valence electrons. The van der Waals surface area contributed by atoms with E-state index in [0.717, 1.165) is 4.88 Å². The lowest BCUT2D eigenvalue weighted by atomic mass is 10.0. The van der Waals surface area contributed by atoms with Crippen LogP contribution in [0.25, 0.3) is 0 Å². The molecule has 4 atom stereocenters. The van der Waals surface area contributed by atoms with Gasteiger partial charge in [-0.1, -0.05) is 6.07 Å². The summed E-state index contributed by atoms with van der Waals surface area (Å²) in [6.45, 7) is 2.28. The highest BCUT2D eigenvalue weighted by Crippen LogP contribution is 2.41. The Labute approximate surface area is 254 Å². The van der Waals surface area contributed by atoms with Gasteiger partial charge in [0.15, 0.2) is 0 Å². The highest BCUT2D eigenvalue weighted by Gasteiger charge is 2.54. The molecule has 2 aliphatic heterocycles. The van der Waals surface area contributed by atoms with Gasteiger partial charge < -0.3 is 25.8 Å². The fraction of sp³-hybridized carbons (Fsp3) is 0.370. The molecule has 0 aliphatic carbocycles. The lowest BCUT2D eigenvalue weighted by Crippen LogP contribution is -2.70. The third kappa shape index (κ3) is 7.57. The molecule has 0 radical (unpaired) electrons. The van der Waals surface area contributed by atoms with Gasteiger partial charge in [0, 0.05) is 28.3 Å². The molecule has 1 saturated heterocycles. The Kier molecular flexibility index (Phi) is 10.2. The summed E-state index contributed by atoms with van der Waals surface area (Å²) >= 11 is 2.70. The number of benzene rings is 1. The van der Waals surface area contributed by atoms with Crippen LogP contribution >= 0.6 is 23.1 Å². The van der Waals surface area contributed by atoms with Crippen molar-refractivity contribution >= 4 is 58.4 Å². The number of thiophene rings is 1. The quantitative estimate of drug-likeness (QED) is 0.131. The smallest absolute Gasteiger partial charge is 0.355 e. The lowest BCUT2D eigenvalue weighted by Gasteiger charge is -2.49. The predicted octanol–water partition coefficient (Wildman–Crippen LogP) is 0.991. The second kappa shape index (κ2) is 13.8. The van der Waals surface area contributed by atoms with Crippen molar-refractivity contribution in [1.82, 2.24) is 15.5 Å². The molecule has 43 heavy (non-hydrogen) atoms. The number of nitro groups is 1. The summed E-state index contributed by atoms with van der Waals surface area (Å²) in [5.74, 6) is -2.88. The zero-order valence-corrected chi connectivity index (χ0v) is 24.8. The summed E-state index contributed by atoms with van der Waals surface area (Å²) in [5, 5.41) is 17.3. The number of nitrogens with one attached hydrogen (secondary N) is 2. The molecule has 3 amide bonds. The SMILES string of the molecule is C[C@H](N)C(=O)N[C@@H](C)C(=O)OCC1=C(C(=O)OCc2ccc([N+](=O)[O-])cc2)N2C(=O)[C@@H](NC(=O)Cc3cccs3)[C@H]2SC1. The van der Waals surface area contributed by atoms with Gasteiger partial charge >= 0.3 is 11.9 Å². The zero-order chi connectivity index (χ0) is 31.3. The van der Waals surface area contributed by atoms with Crippen LogP contribution in [0.1, 0.15) is 24.3 Å². The molecular formula is C27H29N5O9S2. The van der Waals surface area contributed by atoms with E-state index in [1.165, 1.54) is 66.1 Å². The summed E-state index contributed by atoms with van der Waals surface area (Å²) in [6.07, 6.45) is 0.109. The van der Waals surface area contributed by atoms with Gasteiger partial charge in [0.05, 0.1) is 17.4 Å². The monoisotopic (exact) mass is 631 g/mol. The first-order chi connectivity index (χ1) is 20.5. The molecule has 0 saturated carbocycles. The number of esters is 2. The number of nitrogens with zero attached hydrogens (tertiary/aromatic N) is 2. The lowest BCUT2D eigenvalue weighted by molar-refractivity contribution is -0.384. The van der Waals surface area contributed by atoms with Crippen LogP contribution in [0, 0.1) is 10.1 Å². The van der Waals surface area contributed by atoms with E-state index in [-0.39, 0.29) is 42.7 Å². The number of thioether (sulfide) groups is 1. The Morgan fingerprint density at radius 1 is 1.14 bits per heavy atom. The normalized spacial score (nSPS) is 19.0. The van der Waals surface area contributed by atoms with E-state index in [0.29, 0.717) is 11.1 Å². The Morgan fingerprint density at radius 2 is 1.86 bits per heavy atom. The summed E-state index contributed by atoms with van der Waals surface area (Å²) < 4.78 is 10.8. The fourth-order valence-corrected chi connectivity index (χ4v) is 6.23. The molecular weight excluding hydrogens is 602 g/mol. The van der Waals surface area contributed by atoms with Crippen molar-refractivity contribution in [3.63, 3.8) is 0 Å². The number of nitrogens with two attached hydrogens (primary N) is 1. The van der Waals surface area contributed by atoms with E-state index in [1.54, 1.807) is 0 Å². The molecule has 2 aromatic rings. The molecule has 3 heterocycles. The molecule has 0 spiro atoms. The van der Waals surface area contributed by atoms with Crippen LogP contribution in [0.4, 0.5) is 5.69 Å². The topological polar surface area (TPSA) is 200 Å². The molecule has 0 unspecified atom stereocenters. The van der Waals surface area contributed by atoms with Crippen LogP contribution in [0.2, 0.25) is 0 Å². The van der Waals surface area contributed by atoms with Gasteiger partial charge in [0.25, 0.3) is 11.6 Å². The maximum atomic E-state index is 13.3. The Bertz CT molecular complexity index is 1440. The number of hydrogen-bond acceptors (Lipinski definition) is 12. The van der Waals surface area contributed by atoms with Crippen molar-refractivity contribution in [2.45, 2.75) is 50.4 Å². The molecule has 2 aliphatic rings. The Morgan fingerprint density at radius 3 is 2.49 bits per heavy atom. The molecule has 4 rings (SSSR count). The van der Waals surface area contributed by atoms with Crippen molar-refractivity contribution in [2.75, 3.05) is 12.4 Å². The number of amides is 3. The van der Waals surface area contributed by atoms with E-state index in [2.05, 4.69) is 10.6 Å². The molecule has 0 bridgehead atoms. The third-order valence-corrected chi connectivity index (χ3v) is 8.72.